The van der Waals surface area contributed by atoms with Gasteiger partial charge < -0.3 is 10.2 Å². The summed E-state index contributed by atoms with van der Waals surface area (Å²) in [6.45, 7) is 6.97. The van der Waals surface area contributed by atoms with Crippen molar-refractivity contribution in [3.63, 3.8) is 0 Å². The SMILES string of the molecule is CCNC1CCC(N2CC(C)Cc3ccccc32)CC1. The van der Waals surface area contributed by atoms with Gasteiger partial charge in [0.1, 0.15) is 0 Å². The number of fused-ring (bicyclic) bond motifs is 1. The summed E-state index contributed by atoms with van der Waals surface area (Å²) in [6, 6.07) is 10.6. The lowest BCUT2D eigenvalue weighted by atomic mass is 9.86. The van der Waals surface area contributed by atoms with E-state index in [2.05, 4.69) is 48.3 Å². The molecule has 0 saturated heterocycles. The topological polar surface area (TPSA) is 15.3 Å². The van der Waals surface area contributed by atoms with Gasteiger partial charge in [0.25, 0.3) is 0 Å². The number of anilines is 1. The van der Waals surface area contributed by atoms with E-state index in [4.69, 9.17) is 0 Å². The van der Waals surface area contributed by atoms with Gasteiger partial charge in [-0.3, -0.25) is 0 Å². The molecule has 2 aliphatic rings. The quantitative estimate of drug-likeness (QED) is 0.904. The van der Waals surface area contributed by atoms with E-state index in [0.29, 0.717) is 0 Å². The minimum atomic E-state index is 0.758. The predicted molar refractivity (Wildman–Crippen MR) is 86.4 cm³/mol. The fourth-order valence-electron chi connectivity index (χ4n) is 4.06. The summed E-state index contributed by atoms with van der Waals surface area (Å²) in [7, 11) is 0. The Morgan fingerprint density at radius 2 is 1.90 bits per heavy atom. The second-order valence-corrected chi connectivity index (χ2v) is 6.65. The molecule has 1 saturated carbocycles. The Hall–Kier alpha value is -1.02. The van der Waals surface area contributed by atoms with Crippen LogP contribution in [-0.4, -0.2) is 25.2 Å². The number of nitrogens with zero attached hydrogens (tertiary/aromatic N) is 1. The fraction of sp³-hybridized carbons (Fsp3) is 0.667. The van der Waals surface area contributed by atoms with Crippen molar-refractivity contribution in [2.75, 3.05) is 18.0 Å². The third-order valence-corrected chi connectivity index (χ3v) is 5.01. The van der Waals surface area contributed by atoms with Crippen molar-refractivity contribution in [1.82, 2.24) is 5.32 Å². The molecule has 1 aromatic carbocycles. The third-order valence-electron chi connectivity index (χ3n) is 5.01. The standard InChI is InChI=1S/C18H28N2/c1-3-19-16-8-10-17(11-9-16)20-13-14(2)12-15-6-4-5-7-18(15)20/h4-7,14,16-17,19H,3,8-13H2,1-2H3. The second-order valence-electron chi connectivity index (χ2n) is 6.65. The van der Waals surface area contributed by atoms with Crippen LogP contribution in [0.25, 0.3) is 0 Å². The zero-order chi connectivity index (χ0) is 13.9. The average Bonchev–Trinajstić information content (AvgIpc) is 2.47. The highest BCUT2D eigenvalue weighted by Crippen LogP contribution is 2.35. The van der Waals surface area contributed by atoms with Crippen molar-refractivity contribution in [1.29, 1.82) is 0 Å². The van der Waals surface area contributed by atoms with Crippen LogP contribution in [-0.2, 0) is 6.42 Å². The van der Waals surface area contributed by atoms with Gasteiger partial charge >= 0.3 is 0 Å². The highest BCUT2D eigenvalue weighted by atomic mass is 15.2. The summed E-state index contributed by atoms with van der Waals surface area (Å²) in [5, 5.41) is 3.62. The van der Waals surface area contributed by atoms with E-state index in [0.717, 1.165) is 24.5 Å². The summed E-state index contributed by atoms with van der Waals surface area (Å²) in [5.74, 6) is 0.788. The van der Waals surface area contributed by atoms with E-state index in [-0.39, 0.29) is 0 Å². The first kappa shape index (κ1) is 13.9. The van der Waals surface area contributed by atoms with E-state index < -0.39 is 0 Å². The molecule has 110 valence electrons. The van der Waals surface area contributed by atoms with E-state index in [9.17, 15) is 0 Å². The molecular weight excluding hydrogens is 244 g/mol. The molecule has 0 amide bonds. The summed E-state index contributed by atoms with van der Waals surface area (Å²) in [5.41, 5.74) is 3.07. The first-order valence-electron chi connectivity index (χ1n) is 8.36. The number of hydrogen-bond acceptors (Lipinski definition) is 2. The molecular formula is C18H28N2. The van der Waals surface area contributed by atoms with Gasteiger partial charge in [0.2, 0.25) is 0 Å². The number of rotatable bonds is 3. The Labute approximate surface area is 123 Å². The maximum atomic E-state index is 3.62. The minimum absolute atomic E-state index is 0.758. The van der Waals surface area contributed by atoms with Crippen LogP contribution in [0.3, 0.4) is 0 Å². The lowest BCUT2D eigenvalue weighted by Crippen LogP contribution is -2.46. The van der Waals surface area contributed by atoms with Crippen LogP contribution < -0.4 is 10.2 Å². The molecule has 1 fully saturated rings. The summed E-state index contributed by atoms with van der Waals surface area (Å²) in [4.78, 5) is 2.71. The Morgan fingerprint density at radius 3 is 2.65 bits per heavy atom. The van der Waals surface area contributed by atoms with Crippen LogP contribution in [0.1, 0.15) is 45.1 Å². The largest absolute Gasteiger partial charge is 0.368 e. The molecule has 1 aromatic rings. The molecule has 20 heavy (non-hydrogen) atoms. The van der Waals surface area contributed by atoms with E-state index >= 15 is 0 Å². The van der Waals surface area contributed by atoms with Crippen molar-refractivity contribution in [3.05, 3.63) is 29.8 Å². The molecule has 1 atom stereocenters. The zero-order valence-electron chi connectivity index (χ0n) is 12.9. The van der Waals surface area contributed by atoms with E-state index in [1.807, 2.05) is 0 Å². The van der Waals surface area contributed by atoms with Crippen molar-refractivity contribution < 1.29 is 0 Å². The van der Waals surface area contributed by atoms with Gasteiger partial charge in [-0.15, -0.1) is 0 Å². The first-order chi connectivity index (χ1) is 9.78. The van der Waals surface area contributed by atoms with Gasteiger partial charge in [0.15, 0.2) is 0 Å². The Bertz CT molecular complexity index is 435. The van der Waals surface area contributed by atoms with Gasteiger partial charge in [-0.1, -0.05) is 32.0 Å². The minimum Gasteiger partial charge on any atom is -0.368 e. The molecule has 1 aliphatic carbocycles. The molecule has 1 unspecified atom stereocenters. The lowest BCUT2D eigenvalue weighted by Gasteiger charge is -2.43. The van der Waals surface area contributed by atoms with Gasteiger partial charge in [-0.05, 0) is 56.2 Å². The van der Waals surface area contributed by atoms with Gasteiger partial charge in [-0.2, -0.15) is 0 Å². The van der Waals surface area contributed by atoms with Crippen LogP contribution in [0.2, 0.25) is 0 Å². The number of hydrogen-bond donors (Lipinski definition) is 1. The average molecular weight is 272 g/mol. The van der Waals surface area contributed by atoms with E-state index in [1.165, 1.54) is 44.3 Å². The maximum absolute atomic E-state index is 3.62. The zero-order valence-corrected chi connectivity index (χ0v) is 12.9. The molecule has 0 bridgehead atoms. The molecule has 2 nitrogen and oxygen atoms in total. The number of para-hydroxylation sites is 1. The smallest absolute Gasteiger partial charge is 0.0401 e. The lowest BCUT2D eigenvalue weighted by molar-refractivity contribution is 0.324. The van der Waals surface area contributed by atoms with Gasteiger partial charge in [-0.25, -0.2) is 0 Å². The molecule has 3 rings (SSSR count). The Kier molecular flexibility index (Phi) is 4.30. The number of nitrogens with one attached hydrogen (secondary N) is 1. The van der Waals surface area contributed by atoms with Gasteiger partial charge in [0, 0.05) is 24.3 Å². The molecule has 0 aromatic heterocycles. The summed E-state index contributed by atoms with van der Waals surface area (Å²) < 4.78 is 0. The molecule has 1 N–H and O–H groups in total. The van der Waals surface area contributed by atoms with Gasteiger partial charge in [0.05, 0.1) is 0 Å². The highest BCUT2D eigenvalue weighted by molar-refractivity contribution is 5.56. The van der Waals surface area contributed by atoms with Crippen LogP contribution in [0.4, 0.5) is 5.69 Å². The third kappa shape index (κ3) is 2.85. The normalized spacial score (nSPS) is 30.1. The monoisotopic (exact) mass is 272 g/mol. The molecule has 1 heterocycles. The van der Waals surface area contributed by atoms with Crippen molar-refractivity contribution in [2.45, 2.75) is 58.0 Å². The van der Waals surface area contributed by atoms with Crippen LogP contribution in [0.5, 0.6) is 0 Å². The maximum Gasteiger partial charge on any atom is 0.0401 e. The summed E-state index contributed by atoms with van der Waals surface area (Å²) in [6.07, 6.45) is 6.62. The Morgan fingerprint density at radius 1 is 1.15 bits per heavy atom. The van der Waals surface area contributed by atoms with Crippen molar-refractivity contribution >= 4 is 5.69 Å². The summed E-state index contributed by atoms with van der Waals surface area (Å²) >= 11 is 0. The van der Waals surface area contributed by atoms with Crippen molar-refractivity contribution in [2.24, 2.45) is 5.92 Å². The number of benzene rings is 1. The van der Waals surface area contributed by atoms with E-state index in [1.54, 1.807) is 5.56 Å². The molecule has 1 aliphatic heterocycles. The molecule has 0 spiro atoms. The molecule has 0 radical (unpaired) electrons. The second kappa shape index (κ2) is 6.17. The van der Waals surface area contributed by atoms with Crippen LogP contribution in [0, 0.1) is 5.92 Å². The van der Waals surface area contributed by atoms with Crippen LogP contribution >= 0.6 is 0 Å². The van der Waals surface area contributed by atoms with Crippen molar-refractivity contribution in [3.8, 4) is 0 Å². The Balaban J connectivity index is 1.72. The van der Waals surface area contributed by atoms with Crippen LogP contribution in [0.15, 0.2) is 24.3 Å². The first-order valence-corrected chi connectivity index (χ1v) is 8.36. The predicted octanol–water partition coefficient (Wildman–Crippen LogP) is 3.61. The fourth-order valence-corrected chi connectivity index (χ4v) is 4.06. The molecule has 2 heteroatoms. The highest BCUT2D eigenvalue weighted by Gasteiger charge is 2.30.